The Kier molecular flexibility index (Phi) is 6.67. The molecule has 7 heteroatoms. The van der Waals surface area contributed by atoms with Gasteiger partial charge in [-0.05, 0) is 26.0 Å². The van der Waals surface area contributed by atoms with Gasteiger partial charge in [0.1, 0.15) is 5.75 Å². The van der Waals surface area contributed by atoms with Crippen molar-refractivity contribution in [3.63, 3.8) is 0 Å². The third-order valence-corrected chi connectivity index (χ3v) is 5.26. The fraction of sp³-hybridized carbons (Fsp3) is 0.533. The molecule has 2 amide bonds. The minimum atomic E-state index is -3.13. The summed E-state index contributed by atoms with van der Waals surface area (Å²) in [7, 11) is -1.58. The van der Waals surface area contributed by atoms with Crippen LogP contribution in [0.5, 0.6) is 5.75 Å². The van der Waals surface area contributed by atoms with E-state index in [1.807, 2.05) is 6.92 Å². The van der Waals surface area contributed by atoms with Crippen molar-refractivity contribution in [3.05, 3.63) is 24.3 Å². The van der Waals surface area contributed by atoms with Crippen LogP contribution in [0, 0.1) is 0 Å². The molecule has 0 heterocycles. The van der Waals surface area contributed by atoms with Crippen LogP contribution < -0.4 is 10.1 Å². The lowest BCUT2D eigenvalue weighted by Gasteiger charge is -2.28. The summed E-state index contributed by atoms with van der Waals surface area (Å²) in [5, 5.41) is 2.76. The van der Waals surface area contributed by atoms with Crippen molar-refractivity contribution in [2.75, 3.05) is 30.5 Å². The molecule has 1 atom stereocenters. The van der Waals surface area contributed by atoms with Crippen molar-refractivity contribution in [2.45, 2.75) is 26.8 Å². The largest absolute Gasteiger partial charge is 0.497 e. The molecule has 1 aromatic carbocycles. The summed E-state index contributed by atoms with van der Waals surface area (Å²) in [5.41, 5.74) is 0.605. The van der Waals surface area contributed by atoms with Gasteiger partial charge in [-0.3, -0.25) is 0 Å². The molecule has 1 rings (SSSR count). The third kappa shape index (κ3) is 5.22. The highest BCUT2D eigenvalue weighted by atomic mass is 32.2. The van der Waals surface area contributed by atoms with Crippen LogP contribution in [0.15, 0.2) is 24.3 Å². The summed E-state index contributed by atoms with van der Waals surface area (Å²) in [6.07, 6.45) is 0. The number of anilines is 1. The zero-order valence-corrected chi connectivity index (χ0v) is 14.3. The van der Waals surface area contributed by atoms with Crippen LogP contribution in [-0.4, -0.2) is 50.6 Å². The first-order chi connectivity index (χ1) is 10.3. The quantitative estimate of drug-likeness (QED) is 0.834. The Labute approximate surface area is 132 Å². The van der Waals surface area contributed by atoms with Gasteiger partial charge in [0.2, 0.25) is 0 Å². The highest BCUT2D eigenvalue weighted by Crippen LogP contribution is 2.17. The van der Waals surface area contributed by atoms with E-state index in [1.165, 1.54) is 4.90 Å². The number of amides is 2. The summed E-state index contributed by atoms with van der Waals surface area (Å²) in [4.78, 5) is 13.8. The number of carbonyl (C=O) groups is 1. The zero-order chi connectivity index (χ0) is 16.8. The highest BCUT2D eigenvalue weighted by Gasteiger charge is 2.23. The monoisotopic (exact) mass is 328 g/mol. The van der Waals surface area contributed by atoms with Gasteiger partial charge in [0, 0.05) is 30.1 Å². The Morgan fingerprint density at radius 3 is 2.59 bits per heavy atom. The van der Waals surface area contributed by atoms with E-state index in [1.54, 1.807) is 45.2 Å². The van der Waals surface area contributed by atoms with E-state index >= 15 is 0 Å². The van der Waals surface area contributed by atoms with E-state index in [-0.39, 0.29) is 23.6 Å². The number of ether oxygens (including phenoxy) is 1. The van der Waals surface area contributed by atoms with Crippen molar-refractivity contribution >= 4 is 21.6 Å². The van der Waals surface area contributed by atoms with E-state index in [0.717, 1.165) is 0 Å². The second-order valence-electron chi connectivity index (χ2n) is 5.00. The Hall–Kier alpha value is -1.76. The fourth-order valence-electron chi connectivity index (χ4n) is 2.13. The van der Waals surface area contributed by atoms with Crippen LogP contribution in [0.1, 0.15) is 20.8 Å². The van der Waals surface area contributed by atoms with Crippen LogP contribution in [0.2, 0.25) is 0 Å². The van der Waals surface area contributed by atoms with Crippen molar-refractivity contribution < 1.29 is 17.9 Å². The van der Waals surface area contributed by atoms with E-state index in [9.17, 15) is 13.2 Å². The standard InChI is InChI=1S/C15H24N2O4S/c1-5-17(12(3)11-22(19,20)6-2)15(18)16-13-8-7-9-14(10-13)21-4/h7-10,12H,5-6,11H2,1-4H3,(H,16,18)/t12-/m1/s1. The van der Waals surface area contributed by atoms with Crippen molar-refractivity contribution in [2.24, 2.45) is 0 Å². The van der Waals surface area contributed by atoms with Gasteiger partial charge in [0.25, 0.3) is 0 Å². The smallest absolute Gasteiger partial charge is 0.322 e. The van der Waals surface area contributed by atoms with Gasteiger partial charge in [-0.2, -0.15) is 0 Å². The van der Waals surface area contributed by atoms with Crippen molar-refractivity contribution in [3.8, 4) is 5.75 Å². The van der Waals surface area contributed by atoms with Gasteiger partial charge < -0.3 is 15.0 Å². The molecular formula is C15H24N2O4S. The minimum absolute atomic E-state index is 0.0388. The molecule has 6 nitrogen and oxygen atoms in total. The molecule has 0 saturated heterocycles. The molecule has 0 aliphatic heterocycles. The van der Waals surface area contributed by atoms with Gasteiger partial charge >= 0.3 is 6.03 Å². The molecule has 0 aliphatic carbocycles. The number of carbonyl (C=O) groups excluding carboxylic acids is 1. The maximum absolute atomic E-state index is 12.3. The van der Waals surface area contributed by atoms with Gasteiger partial charge in [-0.1, -0.05) is 13.0 Å². The maximum Gasteiger partial charge on any atom is 0.322 e. The first-order valence-electron chi connectivity index (χ1n) is 7.25. The van der Waals surface area contributed by atoms with Crippen LogP contribution in [0.25, 0.3) is 0 Å². The topological polar surface area (TPSA) is 75.7 Å². The minimum Gasteiger partial charge on any atom is -0.497 e. The Morgan fingerprint density at radius 2 is 2.05 bits per heavy atom. The lowest BCUT2D eigenvalue weighted by atomic mass is 10.3. The maximum atomic E-state index is 12.3. The van der Waals surface area contributed by atoms with E-state index in [2.05, 4.69) is 5.32 Å². The molecule has 1 N–H and O–H groups in total. The Morgan fingerprint density at radius 1 is 1.36 bits per heavy atom. The molecule has 0 aromatic heterocycles. The van der Waals surface area contributed by atoms with Crippen LogP contribution in [-0.2, 0) is 9.84 Å². The number of methoxy groups -OCH3 is 1. The summed E-state index contributed by atoms with van der Waals surface area (Å²) >= 11 is 0. The molecule has 0 saturated carbocycles. The molecule has 1 aromatic rings. The molecule has 0 unspecified atom stereocenters. The van der Waals surface area contributed by atoms with Gasteiger partial charge in [-0.25, -0.2) is 13.2 Å². The Bertz CT molecular complexity index is 601. The van der Waals surface area contributed by atoms with Gasteiger partial charge in [0.05, 0.1) is 12.9 Å². The van der Waals surface area contributed by atoms with Crippen LogP contribution in [0.3, 0.4) is 0 Å². The molecular weight excluding hydrogens is 304 g/mol. The molecule has 0 radical (unpaired) electrons. The highest BCUT2D eigenvalue weighted by molar-refractivity contribution is 7.91. The number of benzene rings is 1. The van der Waals surface area contributed by atoms with Gasteiger partial charge in [-0.15, -0.1) is 0 Å². The number of hydrogen-bond donors (Lipinski definition) is 1. The lowest BCUT2D eigenvalue weighted by Crippen LogP contribution is -2.44. The molecule has 0 aliphatic rings. The summed E-state index contributed by atoms with van der Waals surface area (Å²) in [6.45, 7) is 5.59. The molecule has 0 fully saturated rings. The van der Waals surface area contributed by atoms with E-state index in [4.69, 9.17) is 4.74 Å². The summed E-state index contributed by atoms with van der Waals surface area (Å²) < 4.78 is 28.5. The number of hydrogen-bond acceptors (Lipinski definition) is 4. The average Bonchev–Trinajstić information content (AvgIpc) is 2.47. The number of rotatable bonds is 7. The number of urea groups is 1. The SMILES string of the molecule is CCN(C(=O)Nc1cccc(OC)c1)[C@H](C)CS(=O)(=O)CC. The van der Waals surface area contributed by atoms with Crippen LogP contribution >= 0.6 is 0 Å². The lowest BCUT2D eigenvalue weighted by molar-refractivity contribution is 0.201. The van der Waals surface area contributed by atoms with E-state index < -0.39 is 9.84 Å². The first-order valence-corrected chi connectivity index (χ1v) is 9.07. The third-order valence-electron chi connectivity index (χ3n) is 3.39. The molecule has 22 heavy (non-hydrogen) atoms. The average molecular weight is 328 g/mol. The summed E-state index contributed by atoms with van der Waals surface area (Å²) in [6, 6.07) is 6.30. The predicted octanol–water partition coefficient (Wildman–Crippen LogP) is 2.37. The second-order valence-corrected chi connectivity index (χ2v) is 7.39. The summed E-state index contributed by atoms with van der Waals surface area (Å²) in [5.74, 6) is 0.678. The van der Waals surface area contributed by atoms with Crippen molar-refractivity contribution in [1.29, 1.82) is 0 Å². The normalized spacial score (nSPS) is 12.5. The number of nitrogens with zero attached hydrogens (tertiary/aromatic N) is 1. The molecule has 0 bridgehead atoms. The first kappa shape index (κ1) is 18.3. The van der Waals surface area contributed by atoms with Crippen LogP contribution in [0.4, 0.5) is 10.5 Å². The van der Waals surface area contributed by atoms with Crippen molar-refractivity contribution in [1.82, 2.24) is 4.90 Å². The molecule has 124 valence electrons. The van der Waals surface area contributed by atoms with E-state index in [0.29, 0.717) is 18.0 Å². The number of sulfone groups is 1. The fourth-order valence-corrected chi connectivity index (χ4v) is 3.28. The number of nitrogens with one attached hydrogen (secondary N) is 1. The second kappa shape index (κ2) is 8.03. The molecule has 0 spiro atoms. The predicted molar refractivity (Wildman–Crippen MR) is 88.2 cm³/mol. The zero-order valence-electron chi connectivity index (χ0n) is 13.5. The Balaban J connectivity index is 2.79. The van der Waals surface area contributed by atoms with Gasteiger partial charge in [0.15, 0.2) is 9.84 Å².